The Balaban J connectivity index is 2.87. The minimum atomic E-state index is 0.0294. The van der Waals surface area contributed by atoms with Crippen LogP contribution in [-0.4, -0.2) is 28.9 Å². The molecule has 0 spiro atoms. The van der Waals surface area contributed by atoms with Gasteiger partial charge in [-0.05, 0) is 24.0 Å². The summed E-state index contributed by atoms with van der Waals surface area (Å²) in [6.07, 6.45) is 1.57. The third-order valence-electron chi connectivity index (χ3n) is 2.43. The summed E-state index contributed by atoms with van der Waals surface area (Å²) in [5.74, 6) is 0.928. The first-order valence-electron chi connectivity index (χ1n) is 6.31. The summed E-state index contributed by atoms with van der Waals surface area (Å²) < 4.78 is 0. The van der Waals surface area contributed by atoms with Gasteiger partial charge in [-0.15, -0.1) is 0 Å². The molecule has 0 aliphatic rings. The summed E-state index contributed by atoms with van der Waals surface area (Å²) in [6.45, 7) is 9.97. The zero-order valence-corrected chi connectivity index (χ0v) is 12.2. The first-order chi connectivity index (χ1) is 8.40. The minimum Gasteiger partial charge on any atom is -0.338 e. The van der Waals surface area contributed by atoms with Crippen molar-refractivity contribution < 1.29 is 4.79 Å². The smallest absolute Gasteiger partial charge is 0.254 e. The predicted octanol–water partition coefficient (Wildman–Crippen LogP) is 3.49. The molecule has 0 aliphatic heterocycles. The van der Waals surface area contributed by atoms with Crippen molar-refractivity contribution in [1.29, 1.82) is 0 Å². The zero-order valence-electron chi connectivity index (χ0n) is 11.5. The van der Waals surface area contributed by atoms with Crippen LogP contribution in [-0.2, 0) is 0 Å². The molecule has 0 saturated heterocycles. The normalized spacial score (nSPS) is 11.1. The molecule has 1 aromatic rings. The first-order valence-corrected chi connectivity index (χ1v) is 6.68. The second-order valence-corrected chi connectivity index (χ2v) is 5.75. The van der Waals surface area contributed by atoms with Gasteiger partial charge in [-0.3, -0.25) is 4.79 Å². The number of nitrogens with zero attached hydrogens (tertiary/aromatic N) is 2. The van der Waals surface area contributed by atoms with Crippen LogP contribution in [0.2, 0.25) is 5.15 Å². The van der Waals surface area contributed by atoms with Gasteiger partial charge in [0.25, 0.3) is 5.91 Å². The Labute approximate surface area is 114 Å². The van der Waals surface area contributed by atoms with E-state index >= 15 is 0 Å². The van der Waals surface area contributed by atoms with Gasteiger partial charge < -0.3 is 4.90 Å². The van der Waals surface area contributed by atoms with E-state index in [1.54, 1.807) is 18.3 Å². The molecule has 3 nitrogen and oxygen atoms in total. The average Bonchev–Trinajstić information content (AvgIpc) is 2.26. The molecular formula is C14H21ClN2O. The minimum absolute atomic E-state index is 0.0294. The highest BCUT2D eigenvalue weighted by Gasteiger charge is 2.18. The van der Waals surface area contributed by atoms with Crippen LogP contribution in [0.1, 0.15) is 38.1 Å². The van der Waals surface area contributed by atoms with E-state index in [4.69, 9.17) is 11.6 Å². The van der Waals surface area contributed by atoms with Gasteiger partial charge in [-0.1, -0.05) is 39.3 Å². The predicted molar refractivity (Wildman–Crippen MR) is 74.8 cm³/mol. The van der Waals surface area contributed by atoms with Crippen molar-refractivity contribution in [1.82, 2.24) is 9.88 Å². The number of aromatic nitrogens is 1. The molecule has 1 amide bonds. The van der Waals surface area contributed by atoms with Crippen LogP contribution in [0.4, 0.5) is 0 Å². The molecule has 0 unspecified atom stereocenters. The fraction of sp³-hybridized carbons (Fsp3) is 0.571. The number of pyridine rings is 1. The summed E-state index contributed by atoms with van der Waals surface area (Å²) in [5, 5.41) is 0.356. The Bertz CT molecular complexity index is 395. The van der Waals surface area contributed by atoms with E-state index < -0.39 is 0 Å². The number of carbonyl (C=O) groups excluding carboxylic acids is 1. The van der Waals surface area contributed by atoms with E-state index in [1.807, 2.05) is 4.90 Å². The summed E-state index contributed by atoms with van der Waals surface area (Å²) in [4.78, 5) is 18.2. The van der Waals surface area contributed by atoms with Gasteiger partial charge in [0.05, 0.1) is 0 Å². The van der Waals surface area contributed by atoms with Gasteiger partial charge in [0.15, 0.2) is 0 Å². The molecule has 1 aromatic heterocycles. The Kier molecular flexibility index (Phi) is 5.60. The van der Waals surface area contributed by atoms with Crippen LogP contribution in [0.25, 0.3) is 0 Å². The number of carbonyl (C=O) groups is 1. The van der Waals surface area contributed by atoms with Gasteiger partial charge in [0.1, 0.15) is 5.15 Å². The largest absolute Gasteiger partial charge is 0.338 e. The summed E-state index contributed by atoms with van der Waals surface area (Å²) >= 11 is 5.82. The van der Waals surface area contributed by atoms with Crippen LogP contribution in [0, 0.1) is 11.8 Å². The Morgan fingerprint density at radius 2 is 1.83 bits per heavy atom. The maximum absolute atomic E-state index is 12.4. The standard InChI is InChI=1S/C14H21ClN2O/c1-10(2)8-17(9-11(3)4)14(18)12-5-6-16-13(15)7-12/h5-7,10-11H,8-9H2,1-4H3. The number of hydrogen-bond donors (Lipinski definition) is 0. The zero-order chi connectivity index (χ0) is 13.7. The number of amides is 1. The van der Waals surface area contributed by atoms with E-state index in [1.165, 1.54) is 0 Å². The fourth-order valence-corrected chi connectivity index (χ4v) is 2.01. The van der Waals surface area contributed by atoms with Crippen molar-refractivity contribution in [2.75, 3.05) is 13.1 Å². The van der Waals surface area contributed by atoms with Crippen LogP contribution < -0.4 is 0 Å². The molecule has 0 N–H and O–H groups in total. The van der Waals surface area contributed by atoms with Crippen molar-refractivity contribution >= 4 is 17.5 Å². The van der Waals surface area contributed by atoms with Crippen LogP contribution in [0.3, 0.4) is 0 Å². The lowest BCUT2D eigenvalue weighted by Gasteiger charge is -2.26. The summed E-state index contributed by atoms with van der Waals surface area (Å²) in [6, 6.07) is 3.33. The molecular weight excluding hydrogens is 248 g/mol. The SMILES string of the molecule is CC(C)CN(CC(C)C)C(=O)c1ccnc(Cl)c1. The van der Waals surface area contributed by atoms with Crippen molar-refractivity contribution in [3.63, 3.8) is 0 Å². The van der Waals surface area contributed by atoms with Crippen LogP contribution in [0.15, 0.2) is 18.3 Å². The van der Waals surface area contributed by atoms with E-state index in [0.29, 0.717) is 22.6 Å². The molecule has 0 saturated carbocycles. The highest BCUT2D eigenvalue weighted by atomic mass is 35.5. The second-order valence-electron chi connectivity index (χ2n) is 5.37. The lowest BCUT2D eigenvalue weighted by Crippen LogP contribution is -2.37. The summed E-state index contributed by atoms with van der Waals surface area (Å²) in [5.41, 5.74) is 0.608. The van der Waals surface area contributed by atoms with Gasteiger partial charge >= 0.3 is 0 Å². The monoisotopic (exact) mass is 268 g/mol. The Hall–Kier alpha value is -1.09. The summed E-state index contributed by atoms with van der Waals surface area (Å²) in [7, 11) is 0. The quantitative estimate of drug-likeness (QED) is 0.766. The van der Waals surface area contributed by atoms with Gasteiger partial charge in [-0.2, -0.15) is 0 Å². The molecule has 4 heteroatoms. The highest BCUT2D eigenvalue weighted by molar-refractivity contribution is 6.29. The van der Waals surface area contributed by atoms with E-state index in [9.17, 15) is 4.79 Å². The fourth-order valence-electron chi connectivity index (χ4n) is 1.84. The Morgan fingerprint density at radius 1 is 1.28 bits per heavy atom. The molecule has 1 rings (SSSR count). The van der Waals surface area contributed by atoms with Gasteiger partial charge in [0.2, 0.25) is 0 Å². The molecule has 0 radical (unpaired) electrons. The maximum atomic E-state index is 12.4. The lowest BCUT2D eigenvalue weighted by atomic mass is 10.1. The van der Waals surface area contributed by atoms with Crippen molar-refractivity contribution in [2.24, 2.45) is 11.8 Å². The number of rotatable bonds is 5. The second kappa shape index (κ2) is 6.74. The van der Waals surface area contributed by atoms with Crippen LogP contribution in [0.5, 0.6) is 0 Å². The molecule has 1 heterocycles. The van der Waals surface area contributed by atoms with Crippen LogP contribution >= 0.6 is 11.6 Å². The average molecular weight is 269 g/mol. The van der Waals surface area contributed by atoms with Crippen molar-refractivity contribution in [3.05, 3.63) is 29.0 Å². The van der Waals surface area contributed by atoms with E-state index in [2.05, 4.69) is 32.7 Å². The van der Waals surface area contributed by atoms with Crippen molar-refractivity contribution in [3.8, 4) is 0 Å². The molecule has 0 fully saturated rings. The first kappa shape index (κ1) is 15.0. The lowest BCUT2D eigenvalue weighted by molar-refractivity contribution is 0.0715. The molecule has 18 heavy (non-hydrogen) atoms. The highest BCUT2D eigenvalue weighted by Crippen LogP contribution is 2.13. The van der Waals surface area contributed by atoms with Crippen molar-refractivity contribution in [2.45, 2.75) is 27.7 Å². The number of hydrogen-bond acceptors (Lipinski definition) is 2. The van der Waals surface area contributed by atoms with Gasteiger partial charge in [0, 0.05) is 24.8 Å². The maximum Gasteiger partial charge on any atom is 0.254 e. The molecule has 0 bridgehead atoms. The molecule has 100 valence electrons. The van der Waals surface area contributed by atoms with E-state index in [0.717, 1.165) is 13.1 Å². The number of halogens is 1. The molecule has 0 aromatic carbocycles. The van der Waals surface area contributed by atoms with E-state index in [-0.39, 0.29) is 5.91 Å². The van der Waals surface area contributed by atoms with Gasteiger partial charge in [-0.25, -0.2) is 4.98 Å². The topological polar surface area (TPSA) is 33.2 Å². The Morgan fingerprint density at radius 3 is 2.28 bits per heavy atom. The molecule has 0 atom stereocenters. The molecule has 0 aliphatic carbocycles. The third kappa shape index (κ3) is 4.65. The third-order valence-corrected chi connectivity index (χ3v) is 2.64.